The monoisotopic (exact) mass is 453 g/mol. The van der Waals surface area contributed by atoms with E-state index in [1.165, 1.54) is 7.11 Å². The summed E-state index contributed by atoms with van der Waals surface area (Å²) in [6, 6.07) is 10.7. The number of piperidine rings is 1. The lowest BCUT2D eigenvalue weighted by Gasteiger charge is -2.44. The summed E-state index contributed by atoms with van der Waals surface area (Å²) < 4.78 is 22.8. The third-order valence-electron chi connectivity index (χ3n) is 6.23. The van der Waals surface area contributed by atoms with Gasteiger partial charge in [0.05, 0.1) is 27.2 Å². The Morgan fingerprint density at radius 2 is 1.76 bits per heavy atom. The molecule has 4 rings (SSSR count). The van der Waals surface area contributed by atoms with E-state index < -0.39 is 5.60 Å². The second-order valence-corrected chi connectivity index (χ2v) is 9.11. The molecule has 0 aromatic heterocycles. The van der Waals surface area contributed by atoms with Crippen molar-refractivity contribution in [3.8, 4) is 23.0 Å². The predicted octanol–water partition coefficient (Wildman–Crippen LogP) is 4.38. The second-order valence-electron chi connectivity index (χ2n) is 9.11. The highest BCUT2D eigenvalue weighted by molar-refractivity contribution is 6.03. The number of hydrogen-bond acceptors (Lipinski definition) is 6. The Labute approximate surface area is 194 Å². The maximum Gasteiger partial charge on any atom is 0.253 e. The van der Waals surface area contributed by atoms with Gasteiger partial charge in [0, 0.05) is 43.6 Å². The van der Waals surface area contributed by atoms with Gasteiger partial charge in [-0.1, -0.05) is 13.8 Å². The molecule has 0 aliphatic carbocycles. The van der Waals surface area contributed by atoms with Gasteiger partial charge in [0.15, 0.2) is 5.78 Å². The first-order valence-corrected chi connectivity index (χ1v) is 11.3. The third-order valence-corrected chi connectivity index (χ3v) is 6.23. The maximum absolute atomic E-state index is 13.0. The minimum absolute atomic E-state index is 0.00693. The van der Waals surface area contributed by atoms with Crippen molar-refractivity contribution in [3.63, 3.8) is 0 Å². The number of carbonyl (C=O) groups is 2. The van der Waals surface area contributed by atoms with Gasteiger partial charge in [-0.3, -0.25) is 9.59 Å². The van der Waals surface area contributed by atoms with Gasteiger partial charge < -0.3 is 23.8 Å². The quantitative estimate of drug-likeness (QED) is 0.646. The molecule has 0 bridgehead atoms. The molecule has 2 aliphatic heterocycles. The summed E-state index contributed by atoms with van der Waals surface area (Å²) in [6.45, 7) is 5.87. The van der Waals surface area contributed by atoms with Gasteiger partial charge in [-0.25, -0.2) is 0 Å². The van der Waals surface area contributed by atoms with Gasteiger partial charge in [-0.2, -0.15) is 0 Å². The first kappa shape index (κ1) is 23.0. The first-order chi connectivity index (χ1) is 15.8. The minimum atomic E-state index is -0.618. The van der Waals surface area contributed by atoms with Crippen LogP contribution >= 0.6 is 0 Å². The molecule has 7 heteroatoms. The van der Waals surface area contributed by atoms with Crippen molar-refractivity contribution in [2.45, 2.75) is 38.7 Å². The number of nitrogens with zero attached hydrogens (tertiary/aromatic N) is 1. The van der Waals surface area contributed by atoms with Crippen molar-refractivity contribution in [2.75, 3.05) is 33.9 Å². The van der Waals surface area contributed by atoms with Crippen LogP contribution in [0.5, 0.6) is 23.0 Å². The summed E-state index contributed by atoms with van der Waals surface area (Å²) >= 11 is 0. The first-order valence-electron chi connectivity index (χ1n) is 11.3. The highest BCUT2D eigenvalue weighted by atomic mass is 16.5. The highest BCUT2D eigenvalue weighted by Gasteiger charge is 2.45. The fraction of sp³-hybridized carbons (Fsp3) is 0.462. The number of ketones is 1. The van der Waals surface area contributed by atoms with Crippen LogP contribution in [0.1, 0.15) is 53.8 Å². The van der Waals surface area contributed by atoms with E-state index in [4.69, 9.17) is 18.9 Å². The summed E-state index contributed by atoms with van der Waals surface area (Å²) in [5.74, 6) is 2.69. The molecule has 1 spiro atoms. The van der Waals surface area contributed by atoms with Crippen LogP contribution in [0.4, 0.5) is 0 Å². The number of likely N-dealkylation sites (tertiary alicyclic amines) is 1. The number of Topliss-reactive ketones (excluding diaryl/α,β-unsaturated/α-hetero) is 1. The van der Waals surface area contributed by atoms with Crippen LogP contribution in [0.15, 0.2) is 36.4 Å². The summed E-state index contributed by atoms with van der Waals surface area (Å²) in [7, 11) is 3.09. The van der Waals surface area contributed by atoms with Crippen molar-refractivity contribution >= 4 is 11.7 Å². The fourth-order valence-electron chi connectivity index (χ4n) is 4.39. The third kappa shape index (κ3) is 4.77. The zero-order valence-corrected chi connectivity index (χ0v) is 19.7. The smallest absolute Gasteiger partial charge is 0.253 e. The SMILES string of the molecule is COc1cc(OC)c2c(c1)OC1(CCN(C(=O)c3ccc(OCC(C)C)cc3)CC1)CC2=O. The van der Waals surface area contributed by atoms with E-state index in [0.717, 1.165) is 5.75 Å². The van der Waals surface area contributed by atoms with E-state index in [1.807, 2.05) is 17.0 Å². The number of carbonyl (C=O) groups excluding carboxylic acids is 2. The van der Waals surface area contributed by atoms with E-state index in [0.29, 0.717) is 66.8 Å². The molecule has 2 aromatic carbocycles. The minimum Gasteiger partial charge on any atom is -0.496 e. The molecular weight excluding hydrogens is 422 g/mol. The summed E-state index contributed by atoms with van der Waals surface area (Å²) in [6.07, 6.45) is 1.44. The standard InChI is InChI=1S/C26H31NO6/c1-17(2)16-32-19-7-5-18(6-8-19)25(29)27-11-9-26(10-12-27)15-21(28)24-22(31-4)13-20(30-3)14-23(24)33-26/h5-8,13-14,17H,9-12,15-16H2,1-4H3. The van der Waals surface area contributed by atoms with Gasteiger partial charge in [0.1, 0.15) is 34.2 Å². The van der Waals surface area contributed by atoms with Crippen LogP contribution < -0.4 is 18.9 Å². The molecular formula is C26H31NO6. The van der Waals surface area contributed by atoms with Gasteiger partial charge in [-0.15, -0.1) is 0 Å². The Kier molecular flexibility index (Phi) is 6.49. The number of fused-ring (bicyclic) bond motifs is 1. The Hall–Kier alpha value is -3.22. The largest absolute Gasteiger partial charge is 0.496 e. The molecule has 176 valence electrons. The summed E-state index contributed by atoms with van der Waals surface area (Å²) in [5, 5.41) is 0. The number of ether oxygens (including phenoxy) is 4. The molecule has 2 aliphatic rings. The van der Waals surface area contributed by atoms with Gasteiger partial charge in [0.2, 0.25) is 0 Å². The van der Waals surface area contributed by atoms with E-state index in [2.05, 4.69) is 13.8 Å². The Balaban J connectivity index is 1.43. The zero-order chi connectivity index (χ0) is 23.6. The fourth-order valence-corrected chi connectivity index (χ4v) is 4.39. The van der Waals surface area contributed by atoms with Crippen molar-refractivity contribution < 1.29 is 28.5 Å². The highest BCUT2D eigenvalue weighted by Crippen LogP contribution is 2.44. The van der Waals surface area contributed by atoms with E-state index in [9.17, 15) is 9.59 Å². The van der Waals surface area contributed by atoms with E-state index in [1.54, 1.807) is 31.4 Å². The topological polar surface area (TPSA) is 74.3 Å². The molecule has 2 aromatic rings. The molecule has 2 heterocycles. The normalized spacial score (nSPS) is 16.9. The maximum atomic E-state index is 13.0. The van der Waals surface area contributed by atoms with Crippen LogP contribution in [0.3, 0.4) is 0 Å². The molecule has 33 heavy (non-hydrogen) atoms. The van der Waals surface area contributed by atoms with Crippen LogP contribution in [-0.4, -0.2) is 56.1 Å². The second kappa shape index (κ2) is 9.33. The Morgan fingerprint density at radius 3 is 2.36 bits per heavy atom. The molecule has 0 N–H and O–H groups in total. The Bertz CT molecular complexity index is 1020. The summed E-state index contributed by atoms with van der Waals surface area (Å²) in [5.41, 5.74) is 0.470. The lowest BCUT2D eigenvalue weighted by Crippen LogP contribution is -2.52. The van der Waals surface area contributed by atoms with Crippen molar-refractivity contribution in [3.05, 3.63) is 47.5 Å². The number of methoxy groups -OCH3 is 2. The average Bonchev–Trinajstić information content (AvgIpc) is 2.82. The molecule has 7 nitrogen and oxygen atoms in total. The molecule has 1 fully saturated rings. The molecule has 0 radical (unpaired) electrons. The summed E-state index contributed by atoms with van der Waals surface area (Å²) in [4.78, 5) is 27.9. The molecule has 0 atom stereocenters. The van der Waals surface area contributed by atoms with Gasteiger partial charge in [0.25, 0.3) is 5.91 Å². The molecule has 0 unspecified atom stereocenters. The number of amides is 1. The predicted molar refractivity (Wildman–Crippen MR) is 124 cm³/mol. The molecule has 0 saturated carbocycles. The van der Waals surface area contributed by atoms with Gasteiger partial charge >= 0.3 is 0 Å². The number of benzene rings is 2. The number of hydrogen-bond donors (Lipinski definition) is 0. The van der Waals surface area contributed by atoms with Crippen LogP contribution in [0.2, 0.25) is 0 Å². The van der Waals surface area contributed by atoms with E-state index >= 15 is 0 Å². The molecule has 1 saturated heterocycles. The number of rotatable bonds is 6. The zero-order valence-electron chi connectivity index (χ0n) is 19.7. The lowest BCUT2D eigenvalue weighted by molar-refractivity contribution is -0.00610. The average molecular weight is 454 g/mol. The van der Waals surface area contributed by atoms with Crippen LogP contribution in [-0.2, 0) is 0 Å². The van der Waals surface area contributed by atoms with Gasteiger partial charge in [-0.05, 0) is 30.2 Å². The Morgan fingerprint density at radius 1 is 1.06 bits per heavy atom. The van der Waals surface area contributed by atoms with Crippen LogP contribution in [0.25, 0.3) is 0 Å². The van der Waals surface area contributed by atoms with Crippen molar-refractivity contribution in [1.29, 1.82) is 0 Å². The van der Waals surface area contributed by atoms with Crippen molar-refractivity contribution in [2.24, 2.45) is 5.92 Å². The lowest BCUT2D eigenvalue weighted by atomic mass is 9.82. The van der Waals surface area contributed by atoms with Crippen LogP contribution in [0, 0.1) is 5.92 Å². The van der Waals surface area contributed by atoms with Crippen molar-refractivity contribution in [1.82, 2.24) is 4.90 Å². The van der Waals surface area contributed by atoms with E-state index in [-0.39, 0.29) is 18.1 Å². The molecule has 1 amide bonds.